The number of nitrogens with zero attached hydrogens (tertiary/aromatic N) is 1. The topological polar surface area (TPSA) is 64.4 Å². The van der Waals surface area contributed by atoms with Crippen LogP contribution in [-0.4, -0.2) is 30.8 Å². The first-order valence-corrected chi connectivity index (χ1v) is 10.5. The summed E-state index contributed by atoms with van der Waals surface area (Å²) in [4.78, 5) is 14.4. The molecule has 146 valence electrons. The average Bonchev–Trinajstić information content (AvgIpc) is 3.38. The maximum absolute atomic E-state index is 13.1. The average molecular weight is 417 g/mol. The zero-order chi connectivity index (χ0) is 19.6. The van der Waals surface area contributed by atoms with E-state index in [0.29, 0.717) is 47.4 Å². The molecule has 4 rings (SSSR count). The van der Waals surface area contributed by atoms with Gasteiger partial charge in [0.2, 0.25) is 0 Å². The van der Waals surface area contributed by atoms with E-state index < -0.39 is 0 Å². The van der Waals surface area contributed by atoms with Crippen molar-refractivity contribution >= 4 is 28.8 Å². The van der Waals surface area contributed by atoms with Crippen molar-refractivity contribution in [3.8, 4) is 11.3 Å². The second-order valence-corrected chi connectivity index (χ2v) is 8.35. The molecule has 1 aliphatic heterocycles. The van der Waals surface area contributed by atoms with Gasteiger partial charge in [0.15, 0.2) is 0 Å². The van der Waals surface area contributed by atoms with E-state index in [1.807, 2.05) is 18.2 Å². The maximum Gasteiger partial charge on any atom is 0.257 e. The Kier molecular flexibility index (Phi) is 5.53. The van der Waals surface area contributed by atoms with Crippen molar-refractivity contribution in [1.82, 2.24) is 10.5 Å². The van der Waals surface area contributed by atoms with Gasteiger partial charge in [0.1, 0.15) is 17.0 Å². The summed E-state index contributed by atoms with van der Waals surface area (Å²) in [6.07, 6.45) is 1.77. The molecule has 0 radical (unpaired) electrons. The minimum atomic E-state index is -0.198. The van der Waals surface area contributed by atoms with Crippen molar-refractivity contribution in [3.63, 3.8) is 0 Å². The Morgan fingerprint density at radius 3 is 2.75 bits per heavy atom. The van der Waals surface area contributed by atoms with Crippen LogP contribution in [0.3, 0.4) is 0 Å². The van der Waals surface area contributed by atoms with Gasteiger partial charge in [0, 0.05) is 35.6 Å². The molecule has 0 unspecified atom stereocenters. The number of carbonyl (C=O) groups excluding carboxylic acids is 1. The highest BCUT2D eigenvalue weighted by Crippen LogP contribution is 2.37. The van der Waals surface area contributed by atoms with Crippen LogP contribution in [0.25, 0.3) is 11.3 Å². The van der Waals surface area contributed by atoms with Gasteiger partial charge in [-0.2, -0.15) is 0 Å². The van der Waals surface area contributed by atoms with E-state index in [2.05, 4.69) is 28.0 Å². The number of aromatic nitrogens is 1. The molecule has 1 saturated heterocycles. The van der Waals surface area contributed by atoms with E-state index in [0.717, 1.165) is 12.8 Å². The second kappa shape index (κ2) is 8.07. The predicted octanol–water partition coefficient (Wildman–Crippen LogP) is 4.84. The molecule has 5 nitrogen and oxygen atoms in total. The lowest BCUT2D eigenvalue weighted by atomic mass is 9.78. The summed E-state index contributed by atoms with van der Waals surface area (Å²) in [6.45, 7) is 3.68. The van der Waals surface area contributed by atoms with Crippen LogP contribution < -0.4 is 5.32 Å². The van der Waals surface area contributed by atoms with Gasteiger partial charge in [0.25, 0.3) is 5.91 Å². The molecule has 2 aromatic heterocycles. The number of benzene rings is 1. The molecular weight excluding hydrogens is 396 g/mol. The first-order chi connectivity index (χ1) is 13.6. The molecule has 28 heavy (non-hydrogen) atoms. The number of nitrogens with one attached hydrogen (secondary N) is 1. The molecule has 1 amide bonds. The Morgan fingerprint density at radius 1 is 1.25 bits per heavy atom. The minimum Gasteiger partial charge on any atom is -0.381 e. The number of hydrogen-bond acceptors (Lipinski definition) is 5. The van der Waals surface area contributed by atoms with E-state index in [4.69, 9.17) is 20.9 Å². The quantitative estimate of drug-likeness (QED) is 0.646. The third-order valence-electron chi connectivity index (χ3n) is 5.30. The number of rotatable bonds is 5. The van der Waals surface area contributed by atoms with E-state index in [9.17, 15) is 4.79 Å². The van der Waals surface area contributed by atoms with Gasteiger partial charge in [-0.3, -0.25) is 4.79 Å². The van der Waals surface area contributed by atoms with Crippen molar-refractivity contribution in [3.05, 3.63) is 63.0 Å². The van der Waals surface area contributed by atoms with Crippen molar-refractivity contribution in [2.75, 3.05) is 19.8 Å². The van der Waals surface area contributed by atoms with Crippen LogP contribution in [0.15, 0.2) is 46.3 Å². The maximum atomic E-state index is 13.1. The van der Waals surface area contributed by atoms with Gasteiger partial charge in [-0.15, -0.1) is 11.3 Å². The van der Waals surface area contributed by atoms with Crippen LogP contribution in [0.4, 0.5) is 0 Å². The fourth-order valence-electron chi connectivity index (χ4n) is 3.67. The van der Waals surface area contributed by atoms with E-state index in [-0.39, 0.29) is 11.3 Å². The highest BCUT2D eigenvalue weighted by molar-refractivity contribution is 7.10. The summed E-state index contributed by atoms with van der Waals surface area (Å²) in [5.41, 5.74) is 1.49. The van der Waals surface area contributed by atoms with Crippen molar-refractivity contribution in [2.45, 2.75) is 25.2 Å². The summed E-state index contributed by atoms with van der Waals surface area (Å²) < 4.78 is 10.9. The van der Waals surface area contributed by atoms with Crippen molar-refractivity contribution in [2.24, 2.45) is 0 Å². The van der Waals surface area contributed by atoms with E-state index in [1.54, 1.807) is 24.3 Å². The summed E-state index contributed by atoms with van der Waals surface area (Å²) in [5.74, 6) is 0.278. The first kappa shape index (κ1) is 19.2. The van der Waals surface area contributed by atoms with Gasteiger partial charge >= 0.3 is 0 Å². The van der Waals surface area contributed by atoms with Gasteiger partial charge < -0.3 is 14.6 Å². The Hall–Kier alpha value is -2.15. The molecule has 0 bridgehead atoms. The lowest BCUT2D eigenvalue weighted by molar-refractivity contribution is 0.0498. The molecule has 0 saturated carbocycles. The van der Waals surface area contributed by atoms with E-state index >= 15 is 0 Å². The Labute approximate surface area is 172 Å². The fraction of sp³-hybridized carbons (Fsp3) is 0.333. The van der Waals surface area contributed by atoms with Crippen molar-refractivity contribution < 1.29 is 14.1 Å². The number of amides is 1. The molecule has 0 spiro atoms. The minimum absolute atomic E-state index is 0.0995. The molecule has 1 aromatic carbocycles. The smallest absolute Gasteiger partial charge is 0.257 e. The monoisotopic (exact) mass is 416 g/mol. The third-order valence-corrected chi connectivity index (χ3v) is 6.75. The Morgan fingerprint density at radius 2 is 2.04 bits per heavy atom. The van der Waals surface area contributed by atoms with Crippen LogP contribution in [0.5, 0.6) is 0 Å². The molecule has 3 heterocycles. The van der Waals surface area contributed by atoms with Gasteiger partial charge in [-0.25, -0.2) is 0 Å². The zero-order valence-electron chi connectivity index (χ0n) is 15.5. The molecule has 1 N–H and O–H groups in total. The normalized spacial score (nSPS) is 16.1. The summed E-state index contributed by atoms with van der Waals surface area (Å²) >= 11 is 8.03. The molecule has 7 heteroatoms. The fourth-order valence-corrected chi connectivity index (χ4v) is 4.88. The summed E-state index contributed by atoms with van der Waals surface area (Å²) in [7, 11) is 0. The lowest BCUT2D eigenvalue weighted by Crippen LogP contribution is -2.44. The standard InChI is InChI=1S/C21H21ClN2O3S/c1-14-18(19(24-27-14)15-5-2-3-6-16(15)22)20(25)23-13-21(8-10-26-11-9-21)17-7-4-12-28-17/h2-7,12H,8-11,13H2,1H3,(H,23,25). The molecule has 0 aliphatic carbocycles. The lowest BCUT2D eigenvalue weighted by Gasteiger charge is -2.36. The van der Waals surface area contributed by atoms with Gasteiger partial charge in [-0.05, 0) is 37.3 Å². The third kappa shape index (κ3) is 3.60. The molecular formula is C21H21ClN2O3S. The van der Waals surface area contributed by atoms with Crippen LogP contribution in [0.2, 0.25) is 5.02 Å². The van der Waals surface area contributed by atoms with Gasteiger partial charge in [-0.1, -0.05) is 41.0 Å². The first-order valence-electron chi connectivity index (χ1n) is 9.22. The van der Waals surface area contributed by atoms with Crippen LogP contribution >= 0.6 is 22.9 Å². The van der Waals surface area contributed by atoms with Crippen LogP contribution in [0.1, 0.15) is 33.8 Å². The van der Waals surface area contributed by atoms with Gasteiger partial charge in [0.05, 0.1) is 5.02 Å². The molecule has 1 aliphatic rings. The highest BCUT2D eigenvalue weighted by Gasteiger charge is 2.36. The SMILES string of the molecule is Cc1onc(-c2ccccc2Cl)c1C(=O)NCC1(c2cccs2)CCOCC1. The summed E-state index contributed by atoms with van der Waals surface area (Å²) in [5, 5.41) is 9.82. The number of ether oxygens (including phenoxy) is 1. The molecule has 3 aromatic rings. The molecule has 0 atom stereocenters. The predicted molar refractivity (Wildman–Crippen MR) is 110 cm³/mol. The Balaban J connectivity index is 1.59. The number of carbonyl (C=O) groups is 1. The summed E-state index contributed by atoms with van der Waals surface area (Å²) in [6, 6.07) is 11.5. The van der Waals surface area contributed by atoms with Crippen LogP contribution in [0, 0.1) is 6.92 Å². The zero-order valence-corrected chi connectivity index (χ0v) is 17.1. The largest absolute Gasteiger partial charge is 0.381 e. The van der Waals surface area contributed by atoms with E-state index in [1.165, 1.54) is 4.88 Å². The highest BCUT2D eigenvalue weighted by atomic mass is 35.5. The number of halogens is 1. The number of thiophene rings is 1. The second-order valence-electron chi connectivity index (χ2n) is 6.99. The number of aryl methyl sites for hydroxylation is 1. The van der Waals surface area contributed by atoms with Crippen LogP contribution in [-0.2, 0) is 10.2 Å². The number of hydrogen-bond donors (Lipinski definition) is 1. The molecule has 1 fully saturated rings. The Bertz CT molecular complexity index is 962. The van der Waals surface area contributed by atoms with Crippen molar-refractivity contribution in [1.29, 1.82) is 0 Å².